The monoisotopic (exact) mass is 361 g/mol. The molecule has 1 aromatic heterocycles. The van der Waals surface area contributed by atoms with Gasteiger partial charge >= 0.3 is 0 Å². The first kappa shape index (κ1) is 20.5. The molecular formula is C17H29Cl2N3O. The normalized spacial score (nSPS) is 19.6. The first-order valence-electron chi connectivity index (χ1n) is 8.36. The van der Waals surface area contributed by atoms with Gasteiger partial charge in [0.05, 0.1) is 6.10 Å². The quantitative estimate of drug-likeness (QED) is 0.731. The molecule has 1 unspecified atom stereocenters. The molecule has 1 aromatic rings. The highest BCUT2D eigenvalue weighted by atomic mass is 35.5. The van der Waals surface area contributed by atoms with Crippen molar-refractivity contribution in [3.8, 4) is 0 Å². The minimum Gasteiger partial charge on any atom is -0.376 e. The molecule has 0 aromatic carbocycles. The Labute approximate surface area is 152 Å². The molecule has 2 aliphatic heterocycles. The van der Waals surface area contributed by atoms with Crippen LogP contribution in [0.15, 0.2) is 12.1 Å². The number of nitrogens with zero attached hydrogens (tertiary/aromatic N) is 1. The maximum atomic E-state index is 5.73. The predicted molar refractivity (Wildman–Crippen MR) is 100 cm³/mol. The van der Waals surface area contributed by atoms with Crippen LogP contribution in [0.3, 0.4) is 0 Å². The number of halogens is 2. The van der Waals surface area contributed by atoms with Crippen LogP contribution in [0, 0.1) is 5.92 Å². The van der Waals surface area contributed by atoms with Crippen LogP contribution in [-0.2, 0) is 17.6 Å². The molecule has 6 heteroatoms. The lowest BCUT2D eigenvalue weighted by atomic mass is 9.97. The van der Waals surface area contributed by atoms with Crippen molar-refractivity contribution in [2.75, 3.05) is 31.6 Å². The Morgan fingerprint density at radius 1 is 1.13 bits per heavy atom. The van der Waals surface area contributed by atoms with Crippen LogP contribution in [0.25, 0.3) is 0 Å². The molecule has 0 spiro atoms. The average Bonchev–Trinajstić information content (AvgIpc) is 2.44. The zero-order valence-electron chi connectivity index (χ0n) is 13.8. The van der Waals surface area contributed by atoms with Crippen molar-refractivity contribution in [1.29, 1.82) is 0 Å². The van der Waals surface area contributed by atoms with Gasteiger partial charge in [-0.15, -0.1) is 24.8 Å². The lowest BCUT2D eigenvalue weighted by Gasteiger charge is -2.27. The molecule has 1 fully saturated rings. The van der Waals surface area contributed by atoms with Gasteiger partial charge < -0.3 is 15.4 Å². The van der Waals surface area contributed by atoms with Crippen LogP contribution in [0.4, 0.5) is 5.82 Å². The number of aryl methyl sites for hydroxylation is 1. The maximum absolute atomic E-state index is 5.73. The van der Waals surface area contributed by atoms with E-state index in [9.17, 15) is 0 Å². The first-order valence-corrected chi connectivity index (χ1v) is 8.36. The van der Waals surface area contributed by atoms with Gasteiger partial charge in [-0.25, -0.2) is 4.98 Å². The third-order valence-electron chi connectivity index (χ3n) is 4.40. The van der Waals surface area contributed by atoms with Crippen LogP contribution in [0.5, 0.6) is 0 Å². The Morgan fingerprint density at radius 3 is 2.70 bits per heavy atom. The minimum atomic E-state index is 0. The van der Waals surface area contributed by atoms with Crippen LogP contribution in [0.2, 0.25) is 0 Å². The summed E-state index contributed by atoms with van der Waals surface area (Å²) >= 11 is 0. The number of rotatable bonds is 7. The zero-order chi connectivity index (χ0) is 14.5. The van der Waals surface area contributed by atoms with Crippen molar-refractivity contribution < 1.29 is 4.74 Å². The molecular weight excluding hydrogens is 333 g/mol. The number of aromatic nitrogens is 1. The lowest BCUT2D eigenvalue weighted by molar-refractivity contribution is 0.0170. The van der Waals surface area contributed by atoms with Crippen molar-refractivity contribution >= 4 is 30.6 Å². The summed E-state index contributed by atoms with van der Waals surface area (Å²) in [4.78, 5) is 4.77. The molecule has 1 saturated heterocycles. The van der Waals surface area contributed by atoms with Gasteiger partial charge in [-0.05, 0) is 43.2 Å². The van der Waals surface area contributed by atoms with E-state index in [0.717, 1.165) is 57.2 Å². The number of unbranched alkanes of at least 4 members (excludes halogenated alkanes) is 2. The third kappa shape index (κ3) is 6.11. The molecule has 2 aliphatic rings. The highest BCUT2D eigenvalue weighted by molar-refractivity contribution is 5.85. The van der Waals surface area contributed by atoms with Gasteiger partial charge in [0, 0.05) is 31.9 Å². The van der Waals surface area contributed by atoms with E-state index in [1.807, 2.05) is 0 Å². The van der Waals surface area contributed by atoms with Crippen molar-refractivity contribution in [3.63, 3.8) is 0 Å². The van der Waals surface area contributed by atoms with E-state index in [4.69, 9.17) is 9.72 Å². The number of hydrogen-bond acceptors (Lipinski definition) is 4. The molecule has 2 N–H and O–H groups in total. The average molecular weight is 362 g/mol. The van der Waals surface area contributed by atoms with Crippen molar-refractivity contribution in [1.82, 2.24) is 10.3 Å². The third-order valence-corrected chi connectivity index (χ3v) is 4.40. The Kier molecular flexibility index (Phi) is 9.22. The van der Waals surface area contributed by atoms with E-state index in [1.165, 1.54) is 24.1 Å². The van der Waals surface area contributed by atoms with E-state index in [-0.39, 0.29) is 24.8 Å². The fraction of sp³-hybridized carbons (Fsp3) is 0.706. The molecule has 0 saturated carbocycles. The van der Waals surface area contributed by atoms with Crippen LogP contribution < -0.4 is 10.6 Å². The second kappa shape index (κ2) is 10.3. The van der Waals surface area contributed by atoms with Crippen molar-refractivity contribution in [2.24, 2.45) is 5.92 Å². The molecule has 0 aliphatic carbocycles. The molecule has 1 atom stereocenters. The summed E-state index contributed by atoms with van der Waals surface area (Å²) in [5.41, 5.74) is 2.60. The maximum Gasteiger partial charge on any atom is 0.129 e. The standard InChI is InChI=1S/C17H27N3O.2ClH/c1-13-9-14-6-7-15(20-17(14)19-10-13)5-3-2-4-8-21-16-11-18-12-16;;/h6-7,13,16,18H,2-5,8-12H2,1H3,(H,19,20);2*1H. The number of hydrogen-bond donors (Lipinski definition) is 2. The van der Waals surface area contributed by atoms with Gasteiger partial charge in [0.1, 0.15) is 5.82 Å². The highest BCUT2D eigenvalue weighted by Gasteiger charge is 2.16. The summed E-state index contributed by atoms with van der Waals surface area (Å²) < 4.78 is 5.73. The second-order valence-corrected chi connectivity index (χ2v) is 6.46. The second-order valence-electron chi connectivity index (χ2n) is 6.46. The minimum absolute atomic E-state index is 0. The summed E-state index contributed by atoms with van der Waals surface area (Å²) in [6, 6.07) is 4.46. The largest absolute Gasteiger partial charge is 0.376 e. The zero-order valence-corrected chi connectivity index (χ0v) is 15.5. The van der Waals surface area contributed by atoms with E-state index < -0.39 is 0 Å². The fourth-order valence-electron chi connectivity index (χ4n) is 2.92. The SMILES string of the molecule is CC1CNc2nc(CCCCCOC3CNC3)ccc2C1.Cl.Cl. The van der Waals surface area contributed by atoms with Gasteiger partial charge in [-0.2, -0.15) is 0 Å². The van der Waals surface area contributed by atoms with Gasteiger partial charge in [-0.3, -0.25) is 0 Å². The molecule has 0 radical (unpaired) electrons. The van der Waals surface area contributed by atoms with Gasteiger partial charge in [-0.1, -0.05) is 19.4 Å². The summed E-state index contributed by atoms with van der Waals surface area (Å²) in [5.74, 6) is 1.84. The summed E-state index contributed by atoms with van der Waals surface area (Å²) in [6.07, 6.45) is 6.30. The van der Waals surface area contributed by atoms with E-state index >= 15 is 0 Å². The Bertz CT molecular complexity index is 469. The van der Waals surface area contributed by atoms with Crippen LogP contribution in [-0.4, -0.2) is 37.3 Å². The number of anilines is 1. The Balaban J connectivity index is 0.00000132. The smallest absolute Gasteiger partial charge is 0.129 e. The molecule has 3 heterocycles. The molecule has 0 amide bonds. The van der Waals surface area contributed by atoms with E-state index in [0.29, 0.717) is 6.10 Å². The van der Waals surface area contributed by atoms with Gasteiger partial charge in [0.15, 0.2) is 0 Å². The number of pyridine rings is 1. The summed E-state index contributed by atoms with van der Waals surface area (Å²) in [5, 5.41) is 6.67. The molecule has 0 bridgehead atoms. The Hall–Kier alpha value is -0.550. The number of fused-ring (bicyclic) bond motifs is 1. The van der Waals surface area contributed by atoms with Gasteiger partial charge in [0.2, 0.25) is 0 Å². The van der Waals surface area contributed by atoms with Gasteiger partial charge in [0.25, 0.3) is 0 Å². The van der Waals surface area contributed by atoms with E-state index in [2.05, 4.69) is 29.7 Å². The van der Waals surface area contributed by atoms with Crippen LogP contribution >= 0.6 is 24.8 Å². The number of ether oxygens (including phenoxy) is 1. The summed E-state index contributed by atoms with van der Waals surface area (Å²) in [6.45, 7) is 6.31. The van der Waals surface area contributed by atoms with E-state index in [1.54, 1.807) is 0 Å². The first-order chi connectivity index (χ1) is 10.3. The topological polar surface area (TPSA) is 46.2 Å². The molecule has 4 nitrogen and oxygen atoms in total. The lowest BCUT2D eigenvalue weighted by Crippen LogP contribution is -2.48. The summed E-state index contributed by atoms with van der Waals surface area (Å²) in [7, 11) is 0. The van der Waals surface area contributed by atoms with Crippen LogP contribution in [0.1, 0.15) is 37.4 Å². The molecule has 3 rings (SSSR count). The predicted octanol–water partition coefficient (Wildman–Crippen LogP) is 3.23. The highest BCUT2D eigenvalue weighted by Crippen LogP contribution is 2.23. The van der Waals surface area contributed by atoms with Crippen molar-refractivity contribution in [2.45, 2.75) is 45.1 Å². The molecule has 132 valence electrons. The number of nitrogens with one attached hydrogen (secondary N) is 2. The Morgan fingerprint density at radius 2 is 1.96 bits per heavy atom. The fourth-order valence-corrected chi connectivity index (χ4v) is 2.92. The van der Waals surface area contributed by atoms with Crippen molar-refractivity contribution in [3.05, 3.63) is 23.4 Å². The molecule has 23 heavy (non-hydrogen) atoms.